The van der Waals surface area contributed by atoms with Crippen LogP contribution in [-0.2, 0) is 17.9 Å². The number of nitrogens with zero attached hydrogens (tertiary/aromatic N) is 4. The highest BCUT2D eigenvalue weighted by atomic mass is 16.4. The van der Waals surface area contributed by atoms with Gasteiger partial charge in [-0.1, -0.05) is 24.3 Å². The fraction of sp³-hybridized carbons (Fsp3) is 0.263. The number of hydrogen-bond acceptors (Lipinski definition) is 4. The summed E-state index contributed by atoms with van der Waals surface area (Å²) in [6.07, 6.45) is 1.40. The maximum atomic E-state index is 12.6. The molecular weight excluding hydrogens is 346 g/mol. The second-order valence-corrected chi connectivity index (χ2v) is 6.35. The predicted octanol–water partition coefficient (Wildman–Crippen LogP) is 2.39. The van der Waals surface area contributed by atoms with E-state index in [1.54, 1.807) is 0 Å². The Labute approximate surface area is 156 Å². The number of nitrogens with one attached hydrogen (secondary N) is 1. The molecule has 0 spiro atoms. The third-order valence-electron chi connectivity index (χ3n) is 4.44. The molecule has 140 valence electrons. The van der Waals surface area contributed by atoms with Crippen molar-refractivity contribution in [3.63, 3.8) is 0 Å². The lowest BCUT2D eigenvalue weighted by molar-refractivity contribution is -0.137. The Morgan fingerprint density at radius 3 is 2.56 bits per heavy atom. The van der Waals surface area contributed by atoms with Gasteiger partial charge in [-0.3, -0.25) is 14.3 Å². The first-order valence-corrected chi connectivity index (χ1v) is 8.50. The third kappa shape index (κ3) is 3.89. The average molecular weight is 367 g/mol. The largest absolute Gasteiger partial charge is 0.480 e. The van der Waals surface area contributed by atoms with Gasteiger partial charge >= 0.3 is 5.97 Å². The van der Waals surface area contributed by atoms with E-state index in [1.807, 2.05) is 43.7 Å². The standard InChI is InChI=1S/C19H21N5O3/c1-12-6-4-5-7-15(12)10-23-14(3)18(13(2)22-23)21-19(27)16-8-9-20-24(16)11-17(25)26/h4-9H,10-11H2,1-3H3,(H,21,27)(H,25,26). The van der Waals surface area contributed by atoms with Crippen molar-refractivity contribution in [3.8, 4) is 0 Å². The molecular formula is C19H21N5O3. The van der Waals surface area contributed by atoms with E-state index in [9.17, 15) is 9.59 Å². The minimum Gasteiger partial charge on any atom is -0.480 e. The lowest BCUT2D eigenvalue weighted by atomic mass is 10.1. The summed E-state index contributed by atoms with van der Waals surface area (Å²) in [7, 11) is 0. The van der Waals surface area contributed by atoms with Crippen LogP contribution < -0.4 is 5.32 Å². The summed E-state index contributed by atoms with van der Waals surface area (Å²) in [4.78, 5) is 23.5. The summed E-state index contributed by atoms with van der Waals surface area (Å²) >= 11 is 0. The number of carboxylic acid groups (broad SMARTS) is 1. The zero-order valence-corrected chi connectivity index (χ0v) is 15.4. The number of aromatic nitrogens is 4. The van der Waals surface area contributed by atoms with Gasteiger partial charge in [0.15, 0.2) is 0 Å². The fourth-order valence-electron chi connectivity index (χ4n) is 2.94. The van der Waals surface area contributed by atoms with Crippen LogP contribution in [0, 0.1) is 20.8 Å². The van der Waals surface area contributed by atoms with Crippen LogP contribution in [0.25, 0.3) is 0 Å². The van der Waals surface area contributed by atoms with E-state index in [1.165, 1.54) is 17.8 Å². The second kappa shape index (κ2) is 7.45. The van der Waals surface area contributed by atoms with Crippen molar-refractivity contribution in [3.05, 3.63) is 64.7 Å². The van der Waals surface area contributed by atoms with E-state index >= 15 is 0 Å². The highest BCUT2D eigenvalue weighted by Crippen LogP contribution is 2.22. The Hall–Kier alpha value is -3.42. The molecule has 3 aromatic rings. The molecule has 8 heteroatoms. The van der Waals surface area contributed by atoms with Crippen LogP contribution in [0.3, 0.4) is 0 Å². The summed E-state index contributed by atoms with van der Waals surface area (Å²) in [6, 6.07) is 9.56. The van der Waals surface area contributed by atoms with Crippen molar-refractivity contribution < 1.29 is 14.7 Å². The van der Waals surface area contributed by atoms with Crippen LogP contribution in [0.2, 0.25) is 0 Å². The number of amides is 1. The quantitative estimate of drug-likeness (QED) is 0.696. The summed E-state index contributed by atoms with van der Waals surface area (Å²) in [5.74, 6) is -1.48. The monoisotopic (exact) mass is 367 g/mol. The first-order valence-electron chi connectivity index (χ1n) is 8.50. The van der Waals surface area contributed by atoms with Crippen LogP contribution in [-0.4, -0.2) is 36.5 Å². The average Bonchev–Trinajstić information content (AvgIpc) is 3.16. The van der Waals surface area contributed by atoms with Gasteiger partial charge in [-0.05, 0) is 38.0 Å². The summed E-state index contributed by atoms with van der Waals surface area (Å²) in [5, 5.41) is 20.2. The van der Waals surface area contributed by atoms with E-state index in [0.717, 1.165) is 15.9 Å². The van der Waals surface area contributed by atoms with Crippen molar-refractivity contribution in [1.82, 2.24) is 19.6 Å². The number of benzene rings is 1. The lowest BCUT2D eigenvalue weighted by Gasteiger charge is -2.09. The molecule has 0 saturated heterocycles. The molecule has 2 N–H and O–H groups in total. The van der Waals surface area contributed by atoms with Gasteiger partial charge in [0.05, 0.1) is 23.6 Å². The predicted molar refractivity (Wildman–Crippen MR) is 99.8 cm³/mol. The molecule has 2 aromatic heterocycles. The molecule has 0 aliphatic carbocycles. The molecule has 3 rings (SSSR count). The van der Waals surface area contributed by atoms with Crippen LogP contribution in [0.1, 0.15) is 33.0 Å². The smallest absolute Gasteiger partial charge is 0.325 e. The Kier molecular flexibility index (Phi) is 5.07. The molecule has 0 fully saturated rings. The molecule has 0 radical (unpaired) electrons. The van der Waals surface area contributed by atoms with Gasteiger partial charge in [0.1, 0.15) is 12.2 Å². The lowest BCUT2D eigenvalue weighted by Crippen LogP contribution is -2.21. The fourth-order valence-corrected chi connectivity index (χ4v) is 2.94. The molecule has 0 aliphatic heterocycles. The molecule has 1 amide bonds. The number of carbonyl (C=O) groups is 2. The van der Waals surface area contributed by atoms with Gasteiger partial charge in [-0.2, -0.15) is 10.2 Å². The third-order valence-corrected chi connectivity index (χ3v) is 4.44. The van der Waals surface area contributed by atoms with Crippen molar-refractivity contribution in [2.45, 2.75) is 33.9 Å². The molecule has 0 aliphatic rings. The van der Waals surface area contributed by atoms with Crippen LogP contribution in [0.15, 0.2) is 36.5 Å². The van der Waals surface area contributed by atoms with Crippen LogP contribution in [0.5, 0.6) is 0 Å². The SMILES string of the molecule is Cc1ccccc1Cn1nc(C)c(NC(=O)c2ccnn2CC(=O)O)c1C. The highest BCUT2D eigenvalue weighted by Gasteiger charge is 2.19. The number of aliphatic carboxylic acids is 1. The number of carboxylic acids is 1. The van der Waals surface area contributed by atoms with Crippen molar-refractivity contribution >= 4 is 17.6 Å². The van der Waals surface area contributed by atoms with Crippen LogP contribution in [0.4, 0.5) is 5.69 Å². The van der Waals surface area contributed by atoms with E-state index < -0.39 is 11.9 Å². The van der Waals surface area contributed by atoms with Gasteiger partial charge < -0.3 is 10.4 Å². The van der Waals surface area contributed by atoms with Crippen LogP contribution >= 0.6 is 0 Å². The van der Waals surface area contributed by atoms with E-state index in [0.29, 0.717) is 17.9 Å². The molecule has 0 atom stereocenters. The van der Waals surface area contributed by atoms with Crippen molar-refractivity contribution in [2.75, 3.05) is 5.32 Å². The van der Waals surface area contributed by atoms with E-state index in [4.69, 9.17) is 5.11 Å². The maximum Gasteiger partial charge on any atom is 0.325 e. The maximum absolute atomic E-state index is 12.6. The minimum atomic E-state index is -1.06. The topological polar surface area (TPSA) is 102 Å². The van der Waals surface area contributed by atoms with Crippen molar-refractivity contribution in [2.24, 2.45) is 0 Å². The zero-order chi connectivity index (χ0) is 19.6. The molecule has 0 unspecified atom stereocenters. The number of aryl methyl sites for hydroxylation is 2. The molecule has 27 heavy (non-hydrogen) atoms. The summed E-state index contributed by atoms with van der Waals surface area (Å²) in [5.41, 5.74) is 4.65. The first kappa shape index (κ1) is 18.4. The zero-order valence-electron chi connectivity index (χ0n) is 15.4. The van der Waals surface area contributed by atoms with Gasteiger partial charge in [-0.25, -0.2) is 4.68 Å². The Morgan fingerprint density at radius 2 is 1.85 bits per heavy atom. The summed E-state index contributed by atoms with van der Waals surface area (Å²) in [6.45, 7) is 5.99. The highest BCUT2D eigenvalue weighted by molar-refractivity contribution is 6.03. The Bertz CT molecular complexity index is 1000. The molecule has 1 aromatic carbocycles. The molecule has 8 nitrogen and oxygen atoms in total. The number of rotatable bonds is 6. The molecule has 0 saturated carbocycles. The molecule has 0 bridgehead atoms. The Balaban J connectivity index is 1.83. The number of anilines is 1. The van der Waals surface area contributed by atoms with Gasteiger partial charge in [0.2, 0.25) is 0 Å². The molecule has 2 heterocycles. The van der Waals surface area contributed by atoms with Gasteiger partial charge in [0, 0.05) is 6.20 Å². The Morgan fingerprint density at radius 1 is 1.11 bits per heavy atom. The normalized spacial score (nSPS) is 10.8. The second-order valence-electron chi connectivity index (χ2n) is 6.35. The minimum absolute atomic E-state index is 0.183. The van der Waals surface area contributed by atoms with Gasteiger partial charge in [-0.15, -0.1) is 0 Å². The van der Waals surface area contributed by atoms with E-state index in [2.05, 4.69) is 21.6 Å². The van der Waals surface area contributed by atoms with E-state index in [-0.39, 0.29) is 12.2 Å². The number of hydrogen-bond donors (Lipinski definition) is 2. The summed E-state index contributed by atoms with van der Waals surface area (Å²) < 4.78 is 3.00. The van der Waals surface area contributed by atoms with Gasteiger partial charge in [0.25, 0.3) is 5.91 Å². The van der Waals surface area contributed by atoms with Crippen molar-refractivity contribution in [1.29, 1.82) is 0 Å². The number of carbonyl (C=O) groups excluding carboxylic acids is 1. The first-order chi connectivity index (χ1) is 12.9.